The molecule has 0 aromatic heterocycles. The molecule has 0 N–H and O–H groups in total. The maximum Gasteiger partial charge on any atom is 0.305 e. The molecule has 0 rings (SSSR count). The lowest BCUT2D eigenvalue weighted by Gasteiger charge is -2.15. The third-order valence-electron chi connectivity index (χ3n) is 2.43. The van der Waals surface area contributed by atoms with Gasteiger partial charge in [-0.2, -0.15) is 0 Å². The molecule has 0 radical (unpaired) electrons. The predicted octanol–water partition coefficient (Wildman–Crippen LogP) is 3.88. The zero-order valence-electron chi connectivity index (χ0n) is 10.5. The van der Waals surface area contributed by atoms with E-state index in [9.17, 15) is 18.0 Å². The third-order valence-corrected chi connectivity index (χ3v) is 2.43. The van der Waals surface area contributed by atoms with Crippen molar-refractivity contribution < 1.29 is 22.7 Å². The van der Waals surface area contributed by atoms with Crippen LogP contribution in [0, 0.1) is 0 Å². The molecule has 0 aliphatic heterocycles. The largest absolute Gasteiger partial charge is 0.462 e. The van der Waals surface area contributed by atoms with Gasteiger partial charge in [0.1, 0.15) is 6.61 Å². The van der Waals surface area contributed by atoms with E-state index in [0.717, 1.165) is 25.7 Å². The molecule has 0 aromatic carbocycles. The van der Waals surface area contributed by atoms with Crippen LogP contribution in [0.3, 0.4) is 0 Å². The SMILES string of the molecule is CCCCCCCC(=O)OCC(F)C(C)(F)F. The highest BCUT2D eigenvalue weighted by Gasteiger charge is 2.35. The van der Waals surface area contributed by atoms with E-state index in [2.05, 4.69) is 11.7 Å². The van der Waals surface area contributed by atoms with E-state index in [1.807, 2.05) is 0 Å². The Kier molecular flexibility index (Phi) is 8.00. The van der Waals surface area contributed by atoms with Crippen LogP contribution in [0.25, 0.3) is 0 Å². The predicted molar refractivity (Wildman–Crippen MR) is 59.9 cm³/mol. The Morgan fingerprint density at radius 3 is 2.35 bits per heavy atom. The molecule has 2 nitrogen and oxygen atoms in total. The van der Waals surface area contributed by atoms with Crippen molar-refractivity contribution in [2.24, 2.45) is 0 Å². The first kappa shape index (κ1) is 16.3. The molecule has 1 atom stereocenters. The number of carbonyl (C=O) groups excluding carboxylic acids is 1. The quantitative estimate of drug-likeness (QED) is 0.461. The summed E-state index contributed by atoms with van der Waals surface area (Å²) in [5.74, 6) is -4.06. The second kappa shape index (κ2) is 8.37. The molecule has 0 saturated heterocycles. The van der Waals surface area contributed by atoms with Gasteiger partial charge in [0.2, 0.25) is 0 Å². The van der Waals surface area contributed by atoms with E-state index in [4.69, 9.17) is 0 Å². The normalized spacial score (nSPS) is 13.5. The number of hydrogen-bond acceptors (Lipinski definition) is 2. The molecule has 0 amide bonds. The Bertz CT molecular complexity index is 214. The Morgan fingerprint density at radius 1 is 1.24 bits per heavy atom. The number of rotatable bonds is 9. The first-order valence-corrected chi connectivity index (χ1v) is 6.05. The standard InChI is InChI=1S/C12H21F3O2/c1-3-4-5-6-7-8-11(16)17-9-10(13)12(2,14)15/h10H,3-9H2,1-2H3. The van der Waals surface area contributed by atoms with E-state index in [1.54, 1.807) is 0 Å². The van der Waals surface area contributed by atoms with Crippen LogP contribution in [0.5, 0.6) is 0 Å². The lowest BCUT2D eigenvalue weighted by atomic mass is 10.1. The van der Waals surface area contributed by atoms with Crippen molar-refractivity contribution in [2.75, 3.05) is 6.61 Å². The van der Waals surface area contributed by atoms with Gasteiger partial charge in [-0.25, -0.2) is 13.2 Å². The molecule has 1 unspecified atom stereocenters. The van der Waals surface area contributed by atoms with Crippen LogP contribution in [-0.4, -0.2) is 24.7 Å². The van der Waals surface area contributed by atoms with Gasteiger partial charge in [0.25, 0.3) is 5.92 Å². The molecule has 0 bridgehead atoms. The summed E-state index contributed by atoms with van der Waals surface area (Å²) in [5.41, 5.74) is 0. The zero-order valence-corrected chi connectivity index (χ0v) is 10.5. The lowest BCUT2D eigenvalue weighted by molar-refractivity contribution is -0.151. The maximum absolute atomic E-state index is 12.7. The number of unbranched alkanes of at least 4 members (excludes halogenated alkanes) is 4. The van der Waals surface area contributed by atoms with Gasteiger partial charge >= 0.3 is 5.97 Å². The van der Waals surface area contributed by atoms with Crippen molar-refractivity contribution in [3.63, 3.8) is 0 Å². The number of esters is 1. The summed E-state index contributed by atoms with van der Waals surface area (Å²) in [5, 5.41) is 0. The smallest absolute Gasteiger partial charge is 0.305 e. The molecular formula is C12H21F3O2. The van der Waals surface area contributed by atoms with Gasteiger partial charge in [-0.1, -0.05) is 32.6 Å². The van der Waals surface area contributed by atoms with E-state index in [-0.39, 0.29) is 6.42 Å². The van der Waals surface area contributed by atoms with Gasteiger partial charge in [-0.15, -0.1) is 0 Å². The summed E-state index contributed by atoms with van der Waals surface area (Å²) in [4.78, 5) is 11.1. The van der Waals surface area contributed by atoms with E-state index in [1.165, 1.54) is 0 Å². The average molecular weight is 254 g/mol. The summed E-state index contributed by atoms with van der Waals surface area (Å²) in [6, 6.07) is 0. The maximum atomic E-state index is 12.7. The Hall–Kier alpha value is -0.740. The van der Waals surface area contributed by atoms with E-state index in [0.29, 0.717) is 13.3 Å². The fourth-order valence-electron chi connectivity index (χ4n) is 1.26. The van der Waals surface area contributed by atoms with Gasteiger partial charge in [0.15, 0.2) is 6.17 Å². The minimum absolute atomic E-state index is 0.172. The number of hydrogen-bond donors (Lipinski definition) is 0. The topological polar surface area (TPSA) is 26.3 Å². The fourth-order valence-corrected chi connectivity index (χ4v) is 1.26. The summed E-state index contributed by atoms with van der Waals surface area (Å²) in [6.07, 6.45) is 2.59. The summed E-state index contributed by atoms with van der Waals surface area (Å²) in [6.45, 7) is 1.69. The monoisotopic (exact) mass is 254 g/mol. The van der Waals surface area contributed by atoms with Crippen LogP contribution in [0.1, 0.15) is 52.4 Å². The second-order valence-electron chi connectivity index (χ2n) is 4.27. The van der Waals surface area contributed by atoms with Crippen molar-refractivity contribution in [3.05, 3.63) is 0 Å². The molecule has 17 heavy (non-hydrogen) atoms. The van der Waals surface area contributed by atoms with Crippen molar-refractivity contribution in [2.45, 2.75) is 64.5 Å². The number of alkyl halides is 3. The molecule has 0 aliphatic carbocycles. The van der Waals surface area contributed by atoms with Crippen molar-refractivity contribution >= 4 is 5.97 Å². The molecule has 0 aliphatic rings. The molecule has 0 saturated carbocycles. The fraction of sp³-hybridized carbons (Fsp3) is 0.917. The highest BCUT2D eigenvalue weighted by Crippen LogP contribution is 2.20. The van der Waals surface area contributed by atoms with Crippen LogP contribution in [0.15, 0.2) is 0 Å². The van der Waals surface area contributed by atoms with Gasteiger partial charge in [0, 0.05) is 13.3 Å². The van der Waals surface area contributed by atoms with Crippen LogP contribution < -0.4 is 0 Å². The zero-order chi connectivity index (χ0) is 13.3. The minimum atomic E-state index is -3.46. The number of carbonyl (C=O) groups is 1. The molecular weight excluding hydrogens is 233 g/mol. The van der Waals surface area contributed by atoms with Crippen LogP contribution in [0.4, 0.5) is 13.2 Å². The van der Waals surface area contributed by atoms with Gasteiger partial charge in [0.05, 0.1) is 0 Å². The molecule has 5 heteroatoms. The average Bonchev–Trinajstić information content (AvgIpc) is 2.24. The van der Waals surface area contributed by atoms with Crippen LogP contribution >= 0.6 is 0 Å². The first-order chi connectivity index (χ1) is 7.88. The van der Waals surface area contributed by atoms with Crippen LogP contribution in [0.2, 0.25) is 0 Å². The lowest BCUT2D eigenvalue weighted by Crippen LogP contribution is -2.31. The summed E-state index contributed by atoms with van der Waals surface area (Å²) < 4.78 is 42.0. The first-order valence-electron chi connectivity index (χ1n) is 6.05. The molecule has 0 heterocycles. The minimum Gasteiger partial charge on any atom is -0.462 e. The van der Waals surface area contributed by atoms with Gasteiger partial charge in [-0.05, 0) is 6.42 Å². The van der Waals surface area contributed by atoms with Crippen molar-refractivity contribution in [1.29, 1.82) is 0 Å². The number of halogens is 3. The Balaban J connectivity index is 3.53. The van der Waals surface area contributed by atoms with Gasteiger partial charge < -0.3 is 4.74 Å². The van der Waals surface area contributed by atoms with Gasteiger partial charge in [-0.3, -0.25) is 4.79 Å². The van der Waals surface area contributed by atoms with E-state index < -0.39 is 24.7 Å². The summed E-state index contributed by atoms with van der Waals surface area (Å²) >= 11 is 0. The Labute approximate surface area is 101 Å². The molecule has 0 spiro atoms. The van der Waals surface area contributed by atoms with Crippen molar-refractivity contribution in [1.82, 2.24) is 0 Å². The second-order valence-corrected chi connectivity index (χ2v) is 4.27. The highest BCUT2D eigenvalue weighted by atomic mass is 19.3. The number of ether oxygens (including phenoxy) is 1. The Morgan fingerprint density at radius 2 is 1.82 bits per heavy atom. The van der Waals surface area contributed by atoms with E-state index >= 15 is 0 Å². The molecule has 102 valence electrons. The molecule has 0 fully saturated rings. The third kappa shape index (κ3) is 9.01. The molecule has 0 aromatic rings. The van der Waals surface area contributed by atoms with Crippen molar-refractivity contribution in [3.8, 4) is 0 Å². The highest BCUT2D eigenvalue weighted by molar-refractivity contribution is 5.69. The van der Waals surface area contributed by atoms with Crippen LogP contribution in [-0.2, 0) is 9.53 Å². The summed E-state index contributed by atoms with van der Waals surface area (Å²) in [7, 11) is 0.